The molecule has 0 fully saturated rings. The molecule has 12 heteroatoms. The van der Waals surface area contributed by atoms with E-state index < -0.39 is 22.2 Å². The van der Waals surface area contributed by atoms with Crippen molar-refractivity contribution in [2.45, 2.75) is 36.7 Å². The number of carbonyl (C=O) groups excluding carboxylic acids is 1. The molecule has 0 spiro atoms. The number of sulfonamides is 1. The number of nitrogens with zero attached hydrogens (tertiary/aromatic N) is 2. The quantitative estimate of drug-likeness (QED) is 0.345. The third-order valence-electron chi connectivity index (χ3n) is 6.62. The van der Waals surface area contributed by atoms with Gasteiger partial charge in [0.1, 0.15) is 10.3 Å². The van der Waals surface area contributed by atoms with Crippen LogP contribution in [0.5, 0.6) is 5.75 Å². The Hall–Kier alpha value is -2.34. The van der Waals surface area contributed by atoms with Gasteiger partial charge in [-0.3, -0.25) is 14.4 Å². The number of nitrogens with one attached hydrogen (secondary N) is 1. The molecule has 0 unspecified atom stereocenters. The first-order valence-electron chi connectivity index (χ1n) is 12.4. The summed E-state index contributed by atoms with van der Waals surface area (Å²) < 4.78 is 35.4. The van der Waals surface area contributed by atoms with Gasteiger partial charge in [-0.05, 0) is 55.2 Å². The molecule has 2 aromatic carbocycles. The first-order valence-corrected chi connectivity index (χ1v) is 15.5. The normalized spacial score (nSPS) is 18.7. The number of rotatable bonds is 9. The van der Waals surface area contributed by atoms with Gasteiger partial charge in [0.05, 0.1) is 33.9 Å². The van der Waals surface area contributed by atoms with E-state index in [0.29, 0.717) is 29.7 Å². The van der Waals surface area contributed by atoms with E-state index in [-0.39, 0.29) is 39.6 Å². The SMILES string of the molecule is C[C@@H]1CN([C@@H](C)CO)C(=O)c2cccc(NS(=O)(=O)c3cccs3)c2O[C@H]1CN(C)Cc1ccc(Cl)c(Cl)c1. The number of thiophene rings is 1. The van der Waals surface area contributed by atoms with E-state index in [1.807, 2.05) is 26.1 Å². The van der Waals surface area contributed by atoms with E-state index in [9.17, 15) is 18.3 Å². The topological polar surface area (TPSA) is 99.2 Å². The lowest BCUT2D eigenvalue weighted by molar-refractivity contribution is 0.0344. The smallest absolute Gasteiger partial charge is 0.271 e. The number of ether oxygens (including phenoxy) is 1. The van der Waals surface area contributed by atoms with Crippen molar-refractivity contribution in [1.82, 2.24) is 9.80 Å². The highest BCUT2D eigenvalue weighted by molar-refractivity contribution is 7.94. The van der Waals surface area contributed by atoms with Crippen LogP contribution >= 0.6 is 34.5 Å². The summed E-state index contributed by atoms with van der Waals surface area (Å²) in [5.74, 6) is -0.315. The van der Waals surface area contributed by atoms with Crippen LogP contribution < -0.4 is 9.46 Å². The summed E-state index contributed by atoms with van der Waals surface area (Å²) >= 11 is 13.4. The molecule has 4 rings (SSSR count). The van der Waals surface area contributed by atoms with Gasteiger partial charge in [-0.2, -0.15) is 0 Å². The fraction of sp³-hybridized carbons (Fsp3) is 0.370. The lowest BCUT2D eigenvalue weighted by Crippen LogP contribution is -2.49. The molecule has 2 heterocycles. The van der Waals surface area contributed by atoms with Crippen LogP contribution in [0.1, 0.15) is 29.8 Å². The van der Waals surface area contributed by atoms with Crippen molar-refractivity contribution < 1.29 is 23.1 Å². The molecule has 1 amide bonds. The Labute approximate surface area is 243 Å². The van der Waals surface area contributed by atoms with Gasteiger partial charge in [0.25, 0.3) is 15.9 Å². The van der Waals surface area contributed by atoms with E-state index in [0.717, 1.165) is 16.9 Å². The van der Waals surface area contributed by atoms with E-state index in [4.69, 9.17) is 27.9 Å². The van der Waals surface area contributed by atoms with Gasteiger partial charge in [0.15, 0.2) is 5.75 Å². The molecule has 0 saturated carbocycles. The average molecular weight is 613 g/mol. The number of likely N-dealkylation sites (N-methyl/N-ethyl adjacent to an activating group) is 1. The molecular formula is C27H31Cl2N3O5S2. The summed E-state index contributed by atoms with van der Waals surface area (Å²) in [7, 11) is -1.94. The van der Waals surface area contributed by atoms with Gasteiger partial charge in [-0.25, -0.2) is 8.42 Å². The number of amides is 1. The average Bonchev–Trinajstić information content (AvgIpc) is 3.44. The van der Waals surface area contributed by atoms with Crippen LogP contribution in [0.25, 0.3) is 0 Å². The Morgan fingerprint density at radius 3 is 2.64 bits per heavy atom. The number of halogens is 2. The summed E-state index contributed by atoms with van der Waals surface area (Å²) in [6.45, 7) is 4.95. The standard InChI is InChI=1S/C27H31Cl2N3O5S2/c1-17-13-32(18(2)16-33)27(34)20-6-4-7-23(30-39(35,36)25-8-5-11-38-25)26(20)37-24(17)15-31(3)14-19-9-10-21(28)22(29)12-19/h4-12,17-18,24,30,33H,13-16H2,1-3H3/t17-,18+,24+/m1/s1. The van der Waals surface area contributed by atoms with E-state index >= 15 is 0 Å². The number of benzene rings is 2. The Kier molecular flexibility index (Phi) is 9.46. The number of hydrogen-bond acceptors (Lipinski definition) is 7. The molecule has 210 valence electrons. The summed E-state index contributed by atoms with van der Waals surface area (Å²) in [4.78, 5) is 17.3. The summed E-state index contributed by atoms with van der Waals surface area (Å²) in [5, 5.41) is 12.5. The second-order valence-electron chi connectivity index (χ2n) is 9.79. The number of anilines is 1. The lowest BCUT2D eigenvalue weighted by atomic mass is 9.99. The molecule has 3 atom stereocenters. The fourth-order valence-corrected chi connectivity index (χ4v) is 6.85. The maximum atomic E-state index is 13.6. The van der Waals surface area contributed by atoms with Crippen molar-refractivity contribution >= 4 is 56.2 Å². The van der Waals surface area contributed by atoms with E-state index in [2.05, 4.69) is 9.62 Å². The van der Waals surface area contributed by atoms with Crippen LogP contribution in [0.4, 0.5) is 5.69 Å². The number of hydrogen-bond donors (Lipinski definition) is 2. The van der Waals surface area contributed by atoms with Crippen molar-refractivity contribution in [1.29, 1.82) is 0 Å². The molecule has 0 bridgehead atoms. The van der Waals surface area contributed by atoms with Crippen LogP contribution in [-0.4, -0.2) is 68.1 Å². The molecular weight excluding hydrogens is 581 g/mol. The highest BCUT2D eigenvalue weighted by atomic mass is 35.5. The lowest BCUT2D eigenvalue weighted by Gasteiger charge is -2.38. The third-order valence-corrected chi connectivity index (χ3v) is 10.1. The third kappa shape index (κ3) is 6.87. The number of aliphatic hydroxyl groups is 1. The largest absolute Gasteiger partial charge is 0.486 e. The maximum Gasteiger partial charge on any atom is 0.271 e. The van der Waals surface area contributed by atoms with Crippen LogP contribution in [0, 0.1) is 5.92 Å². The number of para-hydroxylation sites is 1. The molecule has 2 N–H and O–H groups in total. The Morgan fingerprint density at radius 2 is 1.97 bits per heavy atom. The van der Waals surface area contributed by atoms with Crippen molar-refractivity contribution in [2.24, 2.45) is 5.92 Å². The van der Waals surface area contributed by atoms with Crippen molar-refractivity contribution in [3.8, 4) is 5.75 Å². The minimum atomic E-state index is -3.89. The predicted molar refractivity (Wildman–Crippen MR) is 156 cm³/mol. The molecule has 1 aliphatic heterocycles. The van der Waals surface area contributed by atoms with Crippen LogP contribution in [0.3, 0.4) is 0 Å². The molecule has 39 heavy (non-hydrogen) atoms. The van der Waals surface area contributed by atoms with Gasteiger partial charge >= 0.3 is 0 Å². The molecule has 0 radical (unpaired) electrons. The van der Waals surface area contributed by atoms with Crippen molar-refractivity contribution in [2.75, 3.05) is 31.5 Å². The Morgan fingerprint density at radius 1 is 1.21 bits per heavy atom. The zero-order valence-electron chi connectivity index (χ0n) is 21.8. The molecule has 3 aromatic rings. The van der Waals surface area contributed by atoms with E-state index in [1.54, 1.807) is 47.5 Å². The van der Waals surface area contributed by atoms with Gasteiger partial charge < -0.3 is 14.7 Å². The molecule has 0 saturated heterocycles. The first kappa shape index (κ1) is 29.6. The zero-order chi connectivity index (χ0) is 28.3. The van der Waals surface area contributed by atoms with Crippen molar-refractivity contribution in [3.63, 3.8) is 0 Å². The maximum absolute atomic E-state index is 13.6. The Balaban J connectivity index is 1.69. The highest BCUT2D eigenvalue weighted by Crippen LogP contribution is 2.36. The molecule has 8 nitrogen and oxygen atoms in total. The summed E-state index contributed by atoms with van der Waals surface area (Å²) in [6.07, 6.45) is -0.412. The zero-order valence-corrected chi connectivity index (χ0v) is 24.9. The fourth-order valence-electron chi connectivity index (χ4n) is 4.47. The predicted octanol–water partition coefficient (Wildman–Crippen LogP) is 5.21. The number of carbonyl (C=O) groups is 1. The Bertz CT molecular complexity index is 1420. The number of fused-ring (bicyclic) bond motifs is 1. The monoisotopic (exact) mass is 611 g/mol. The molecule has 1 aliphatic rings. The van der Waals surface area contributed by atoms with Gasteiger partial charge in [-0.1, -0.05) is 48.3 Å². The van der Waals surface area contributed by atoms with Crippen molar-refractivity contribution in [3.05, 3.63) is 75.1 Å². The van der Waals surface area contributed by atoms with Gasteiger partial charge in [0.2, 0.25) is 0 Å². The minimum absolute atomic E-state index is 0.144. The van der Waals surface area contributed by atoms with Crippen LogP contribution in [0.15, 0.2) is 58.1 Å². The summed E-state index contributed by atoms with van der Waals surface area (Å²) in [5.41, 5.74) is 1.38. The van der Waals surface area contributed by atoms with Crippen LogP contribution in [-0.2, 0) is 16.6 Å². The molecule has 0 aliphatic carbocycles. The first-order chi connectivity index (χ1) is 18.5. The van der Waals surface area contributed by atoms with Crippen LogP contribution in [0.2, 0.25) is 10.0 Å². The second-order valence-corrected chi connectivity index (χ2v) is 13.5. The molecule has 1 aromatic heterocycles. The van der Waals surface area contributed by atoms with E-state index in [1.165, 1.54) is 6.07 Å². The number of aliphatic hydroxyl groups excluding tert-OH is 1. The highest BCUT2D eigenvalue weighted by Gasteiger charge is 2.35. The second kappa shape index (κ2) is 12.4. The van der Waals surface area contributed by atoms with Gasteiger partial charge in [-0.15, -0.1) is 11.3 Å². The summed E-state index contributed by atoms with van der Waals surface area (Å²) in [6, 6.07) is 13.0. The van der Waals surface area contributed by atoms with Gasteiger partial charge in [0, 0.05) is 25.6 Å². The minimum Gasteiger partial charge on any atom is -0.486 e.